The van der Waals surface area contributed by atoms with Gasteiger partial charge in [-0.25, -0.2) is 14.4 Å². The van der Waals surface area contributed by atoms with Crippen LogP contribution < -0.4 is 4.74 Å². The van der Waals surface area contributed by atoms with Gasteiger partial charge < -0.3 is 14.0 Å². The van der Waals surface area contributed by atoms with Crippen molar-refractivity contribution in [2.75, 3.05) is 13.2 Å². The van der Waals surface area contributed by atoms with Crippen molar-refractivity contribution in [3.05, 3.63) is 74.5 Å². The molecule has 6 rings (SSSR count). The number of halogens is 3. The van der Waals surface area contributed by atoms with Crippen LogP contribution in [-0.4, -0.2) is 48.9 Å². The van der Waals surface area contributed by atoms with Gasteiger partial charge in [0.2, 0.25) is 5.88 Å². The maximum absolute atomic E-state index is 14.2. The van der Waals surface area contributed by atoms with Crippen LogP contribution >= 0.6 is 23.2 Å². The number of ether oxygens (including phenoxy) is 2. The summed E-state index contributed by atoms with van der Waals surface area (Å²) in [6.45, 7) is 5.52. The van der Waals surface area contributed by atoms with Crippen molar-refractivity contribution in [2.45, 2.75) is 52.1 Å². The maximum atomic E-state index is 14.2. The highest BCUT2D eigenvalue weighted by Gasteiger charge is 2.26. The molecule has 0 amide bonds. The summed E-state index contributed by atoms with van der Waals surface area (Å²) < 4.78 is 27.8. The second-order valence-corrected chi connectivity index (χ2v) is 10.3. The third-order valence-corrected chi connectivity index (χ3v) is 7.31. The molecule has 0 spiro atoms. The maximum Gasteiger partial charge on any atom is 0.233 e. The van der Waals surface area contributed by atoms with E-state index >= 15 is 0 Å². The lowest BCUT2D eigenvalue weighted by molar-refractivity contribution is -0.0593. The van der Waals surface area contributed by atoms with Crippen LogP contribution in [0.25, 0.3) is 11.2 Å². The molecule has 1 saturated heterocycles. The van der Waals surface area contributed by atoms with Gasteiger partial charge in [-0.15, -0.1) is 5.10 Å². The average Bonchev–Trinajstić information content (AvgIpc) is 3.16. The molecule has 37 heavy (non-hydrogen) atoms. The molecule has 0 radical (unpaired) electrons. The standard InChI is InChI=1S/C26H25Cl2FN6O2/c1-15-8-22-25(33-32-15)35(11-19-5-7-36-19)24(30-22)13-34-6-4-16-9-20(28)26(31-23(16)12-34)37-14-17-2-3-18(27)10-21(17)29/h2-3,8-10,19H,4-7,11-14H2,1H3/t19-/m0/s1. The van der Waals surface area contributed by atoms with Crippen LogP contribution in [0.4, 0.5) is 4.39 Å². The van der Waals surface area contributed by atoms with E-state index in [-0.39, 0.29) is 18.6 Å². The smallest absolute Gasteiger partial charge is 0.233 e. The van der Waals surface area contributed by atoms with Gasteiger partial charge in [0.1, 0.15) is 28.8 Å². The lowest BCUT2D eigenvalue weighted by Crippen LogP contribution is -2.34. The van der Waals surface area contributed by atoms with Crippen LogP contribution in [0.2, 0.25) is 10.0 Å². The van der Waals surface area contributed by atoms with Gasteiger partial charge in [-0.2, -0.15) is 5.10 Å². The van der Waals surface area contributed by atoms with Crippen LogP contribution in [0, 0.1) is 12.7 Å². The third-order valence-electron chi connectivity index (χ3n) is 6.80. The number of fused-ring (bicyclic) bond motifs is 2. The Morgan fingerprint density at radius 1 is 1.16 bits per heavy atom. The Morgan fingerprint density at radius 3 is 2.81 bits per heavy atom. The van der Waals surface area contributed by atoms with E-state index in [4.69, 9.17) is 42.6 Å². The zero-order valence-electron chi connectivity index (χ0n) is 20.3. The SMILES string of the molecule is Cc1cc2nc(CN3CCc4cc(Cl)c(OCc5ccc(Cl)cc5F)nc4C3)n(C[C@@H]3CCO3)c2nn1. The number of pyridine rings is 1. The number of rotatable bonds is 7. The molecule has 2 aliphatic heterocycles. The van der Waals surface area contributed by atoms with E-state index < -0.39 is 5.82 Å². The first-order valence-electron chi connectivity index (χ1n) is 12.2. The average molecular weight is 543 g/mol. The van der Waals surface area contributed by atoms with Crippen LogP contribution in [0.3, 0.4) is 0 Å². The number of aromatic nitrogens is 5. The summed E-state index contributed by atoms with van der Waals surface area (Å²) in [6, 6.07) is 8.35. The minimum atomic E-state index is -0.428. The largest absolute Gasteiger partial charge is 0.472 e. The summed E-state index contributed by atoms with van der Waals surface area (Å²) in [5.74, 6) is 0.789. The van der Waals surface area contributed by atoms with E-state index in [9.17, 15) is 4.39 Å². The molecule has 192 valence electrons. The molecule has 0 unspecified atom stereocenters. The molecule has 0 saturated carbocycles. The normalized spacial score (nSPS) is 17.6. The van der Waals surface area contributed by atoms with Crippen LogP contribution in [-0.2, 0) is 37.4 Å². The second kappa shape index (κ2) is 10.1. The number of benzene rings is 1. The second-order valence-electron chi connectivity index (χ2n) is 9.48. The molecule has 5 heterocycles. The van der Waals surface area contributed by atoms with Crippen molar-refractivity contribution in [1.82, 2.24) is 29.6 Å². The van der Waals surface area contributed by atoms with Crippen molar-refractivity contribution in [2.24, 2.45) is 0 Å². The van der Waals surface area contributed by atoms with Gasteiger partial charge in [-0.05, 0) is 49.6 Å². The summed E-state index contributed by atoms with van der Waals surface area (Å²) in [7, 11) is 0. The first kappa shape index (κ1) is 24.5. The fraction of sp³-hybridized carbons (Fsp3) is 0.385. The Morgan fingerprint density at radius 2 is 2.03 bits per heavy atom. The molecular weight excluding hydrogens is 518 g/mol. The van der Waals surface area contributed by atoms with Crippen LogP contribution in [0.1, 0.15) is 34.8 Å². The van der Waals surface area contributed by atoms with Crippen LogP contribution in [0.5, 0.6) is 5.88 Å². The van der Waals surface area contributed by atoms with Gasteiger partial charge in [0, 0.05) is 30.3 Å². The van der Waals surface area contributed by atoms with Gasteiger partial charge in [0.25, 0.3) is 0 Å². The fourth-order valence-corrected chi connectivity index (χ4v) is 5.09. The lowest BCUT2D eigenvalue weighted by atomic mass is 10.1. The molecule has 0 N–H and O–H groups in total. The monoisotopic (exact) mass is 542 g/mol. The van der Waals surface area contributed by atoms with Crippen molar-refractivity contribution < 1.29 is 13.9 Å². The predicted molar refractivity (Wildman–Crippen MR) is 137 cm³/mol. The summed E-state index contributed by atoms with van der Waals surface area (Å²) in [6.07, 6.45) is 2.01. The molecule has 11 heteroatoms. The topological polar surface area (TPSA) is 78.2 Å². The third kappa shape index (κ3) is 5.13. The number of aryl methyl sites for hydroxylation is 1. The van der Waals surface area contributed by atoms with Crippen LogP contribution in [0.15, 0.2) is 30.3 Å². The fourth-order valence-electron chi connectivity index (χ4n) is 4.70. The number of hydrogen-bond acceptors (Lipinski definition) is 7. The first-order valence-corrected chi connectivity index (χ1v) is 13.0. The van der Waals surface area contributed by atoms with E-state index in [1.165, 1.54) is 6.07 Å². The van der Waals surface area contributed by atoms with E-state index in [0.29, 0.717) is 35.2 Å². The number of imidazole rings is 1. The molecular formula is C26H25Cl2FN6O2. The van der Waals surface area contributed by atoms with Crippen molar-refractivity contribution >= 4 is 34.4 Å². The molecule has 1 aromatic carbocycles. The van der Waals surface area contributed by atoms with Gasteiger partial charge in [0.15, 0.2) is 5.65 Å². The Labute approximate surface area is 223 Å². The van der Waals surface area contributed by atoms with Crippen molar-refractivity contribution in [3.8, 4) is 5.88 Å². The van der Waals surface area contributed by atoms with E-state index in [0.717, 1.165) is 59.9 Å². The zero-order chi connectivity index (χ0) is 25.5. The van der Waals surface area contributed by atoms with Crippen molar-refractivity contribution in [3.63, 3.8) is 0 Å². The Balaban J connectivity index is 1.21. The lowest BCUT2D eigenvalue weighted by Gasteiger charge is -2.30. The highest BCUT2D eigenvalue weighted by atomic mass is 35.5. The predicted octanol–water partition coefficient (Wildman–Crippen LogP) is 4.90. The zero-order valence-corrected chi connectivity index (χ0v) is 21.8. The molecule has 8 nitrogen and oxygen atoms in total. The number of hydrogen-bond donors (Lipinski definition) is 0. The van der Waals surface area contributed by atoms with Crippen molar-refractivity contribution in [1.29, 1.82) is 0 Å². The van der Waals surface area contributed by atoms with Gasteiger partial charge in [0.05, 0.1) is 30.6 Å². The van der Waals surface area contributed by atoms with Gasteiger partial charge >= 0.3 is 0 Å². The highest BCUT2D eigenvalue weighted by molar-refractivity contribution is 6.32. The van der Waals surface area contributed by atoms with E-state index in [2.05, 4.69) is 19.7 Å². The quantitative estimate of drug-likeness (QED) is 0.328. The Kier molecular flexibility index (Phi) is 6.71. The summed E-state index contributed by atoms with van der Waals surface area (Å²) in [4.78, 5) is 11.9. The summed E-state index contributed by atoms with van der Waals surface area (Å²) >= 11 is 12.3. The summed E-state index contributed by atoms with van der Waals surface area (Å²) in [5.41, 5.74) is 4.82. The minimum Gasteiger partial charge on any atom is -0.472 e. The molecule has 0 bridgehead atoms. The Bertz CT molecular complexity index is 1480. The molecule has 1 fully saturated rings. The molecule has 0 aliphatic carbocycles. The molecule has 1 atom stereocenters. The molecule has 4 aromatic rings. The Hall–Kier alpha value is -2.85. The molecule has 2 aliphatic rings. The summed E-state index contributed by atoms with van der Waals surface area (Å²) in [5, 5.41) is 9.41. The van der Waals surface area contributed by atoms with Gasteiger partial charge in [-0.1, -0.05) is 29.3 Å². The van der Waals surface area contributed by atoms with Gasteiger partial charge in [-0.3, -0.25) is 4.90 Å². The molecule has 3 aromatic heterocycles. The first-order chi connectivity index (χ1) is 17.9. The van der Waals surface area contributed by atoms with E-state index in [1.54, 1.807) is 12.1 Å². The van der Waals surface area contributed by atoms with E-state index in [1.807, 2.05) is 19.1 Å². The highest BCUT2D eigenvalue weighted by Crippen LogP contribution is 2.30. The minimum absolute atomic E-state index is 0.00589. The number of nitrogens with zero attached hydrogens (tertiary/aromatic N) is 6.